The maximum atomic E-state index is 14.3. The van der Waals surface area contributed by atoms with E-state index >= 15 is 0 Å². The molecule has 1 aromatic carbocycles. The molecular formula is C35H45N7O9S2. The summed E-state index contributed by atoms with van der Waals surface area (Å²) in [7, 11) is -4.41. The van der Waals surface area contributed by atoms with Crippen LogP contribution < -0.4 is 20.1 Å². The monoisotopic (exact) mass is 771 g/mol. The molecule has 4 N–H and O–H groups in total. The summed E-state index contributed by atoms with van der Waals surface area (Å²) in [6.45, 7) is 5.66. The Labute approximate surface area is 312 Å². The van der Waals surface area contributed by atoms with Gasteiger partial charge in [-0.2, -0.15) is 8.42 Å². The second-order valence-corrected chi connectivity index (χ2v) is 17.1. The molecule has 286 valence electrons. The van der Waals surface area contributed by atoms with Gasteiger partial charge in [0, 0.05) is 37.0 Å². The number of ether oxygens (including phenoxy) is 2. The number of anilines is 1. The third-order valence-electron chi connectivity index (χ3n) is 9.58. The van der Waals surface area contributed by atoms with Crippen molar-refractivity contribution in [2.75, 3.05) is 11.3 Å². The number of amides is 5. The van der Waals surface area contributed by atoms with Crippen molar-refractivity contribution in [2.45, 2.75) is 108 Å². The fourth-order valence-corrected chi connectivity index (χ4v) is 8.58. The smallest absolute Gasteiger partial charge is 0.410 e. The predicted octanol–water partition coefficient (Wildman–Crippen LogP) is 3.33. The van der Waals surface area contributed by atoms with Crippen LogP contribution in [-0.4, -0.2) is 89.0 Å². The molecule has 1 saturated carbocycles. The first kappa shape index (κ1) is 38.0. The third kappa shape index (κ3) is 9.27. The minimum atomic E-state index is -4.41. The van der Waals surface area contributed by atoms with E-state index in [-0.39, 0.29) is 30.9 Å². The number of fused-ring (bicyclic) bond motifs is 3. The molecule has 0 bridgehead atoms. The zero-order valence-electron chi connectivity index (χ0n) is 29.8. The molecule has 0 spiro atoms. The van der Waals surface area contributed by atoms with Crippen LogP contribution in [0, 0.1) is 5.92 Å². The Morgan fingerprint density at radius 3 is 2.49 bits per heavy atom. The number of hydrogen-bond acceptors (Lipinski definition) is 11. The zero-order valence-corrected chi connectivity index (χ0v) is 31.5. The molecule has 0 radical (unpaired) electrons. The van der Waals surface area contributed by atoms with Gasteiger partial charge in [0.05, 0.1) is 6.54 Å². The van der Waals surface area contributed by atoms with E-state index in [0.717, 1.165) is 35.3 Å². The van der Waals surface area contributed by atoms with Gasteiger partial charge >= 0.3 is 22.4 Å². The standard InChI is InChI=1S/C35H45N7O9S2/c1-34(2,3)51-32(46)37-26-14-8-6-4-5-7-13-24-18-35(24,30(45)39-53(48,49)40-31-36-15-16-52-31)38-28(43)27-17-25(21-42(27)29(26)44)50-33(47)41-19-22-11-9-10-12-23(22)20-41/h7,9-13,15-16,24-27H,4-6,8,14,17-21H2,1-3H3,(H,36,40)(H,37,46)(H,38,43)(H,39,45)/b13-7-/t24-,25-,26+,27+,35-/m1/s1. The van der Waals surface area contributed by atoms with E-state index in [1.165, 1.54) is 16.0 Å². The van der Waals surface area contributed by atoms with E-state index in [1.54, 1.807) is 32.2 Å². The van der Waals surface area contributed by atoms with Crippen molar-refractivity contribution in [3.05, 3.63) is 59.1 Å². The SMILES string of the molecule is CC(C)(C)OC(=O)N[C@H]1CCCCC/C=C\[C@@H]2C[C@@]2(C(=O)NS(=O)(=O)Nc2nccs2)NC(=O)[C@@H]2C[C@@H](OC(=O)N3Cc4ccccc4C3)CN2C1=O. The summed E-state index contributed by atoms with van der Waals surface area (Å²) in [6.07, 6.45) is 5.79. The molecule has 4 aliphatic rings. The fraction of sp³-hybridized carbons (Fsp3) is 0.543. The largest absolute Gasteiger partial charge is 0.444 e. The normalized spacial score (nSPS) is 26.8. The summed E-state index contributed by atoms with van der Waals surface area (Å²) in [6, 6.07) is 5.37. The van der Waals surface area contributed by atoms with Crippen LogP contribution in [0.15, 0.2) is 48.0 Å². The summed E-state index contributed by atoms with van der Waals surface area (Å²) >= 11 is 1.03. The van der Waals surface area contributed by atoms with Crippen molar-refractivity contribution >= 4 is 56.6 Å². The molecule has 0 unspecified atom stereocenters. The molecule has 4 heterocycles. The Balaban J connectivity index is 1.25. The molecule has 5 atom stereocenters. The minimum absolute atomic E-state index is 0.0502. The van der Waals surface area contributed by atoms with Crippen LogP contribution in [0.2, 0.25) is 0 Å². The van der Waals surface area contributed by atoms with E-state index in [4.69, 9.17) is 9.47 Å². The molecular weight excluding hydrogens is 727 g/mol. The van der Waals surface area contributed by atoms with E-state index in [2.05, 4.69) is 20.3 Å². The lowest BCUT2D eigenvalue weighted by molar-refractivity contribution is -0.141. The topological polar surface area (TPSA) is 205 Å². The summed E-state index contributed by atoms with van der Waals surface area (Å²) in [5.74, 6) is -2.78. The van der Waals surface area contributed by atoms with Gasteiger partial charge in [-0.05, 0) is 57.6 Å². The van der Waals surface area contributed by atoms with Gasteiger partial charge in [-0.15, -0.1) is 11.3 Å². The quantitative estimate of drug-likeness (QED) is 0.316. The van der Waals surface area contributed by atoms with Gasteiger partial charge in [0.2, 0.25) is 11.8 Å². The van der Waals surface area contributed by atoms with Gasteiger partial charge in [0.15, 0.2) is 5.13 Å². The first-order valence-electron chi connectivity index (χ1n) is 17.7. The Hall–Kier alpha value is -4.71. The van der Waals surface area contributed by atoms with Crippen LogP contribution in [0.25, 0.3) is 0 Å². The Morgan fingerprint density at radius 1 is 1.08 bits per heavy atom. The van der Waals surface area contributed by atoms with E-state index in [0.29, 0.717) is 25.9 Å². The lowest BCUT2D eigenvalue weighted by Gasteiger charge is -2.30. The number of rotatable bonds is 6. The van der Waals surface area contributed by atoms with Crippen LogP contribution in [0.5, 0.6) is 0 Å². The highest BCUT2D eigenvalue weighted by Crippen LogP contribution is 2.46. The summed E-state index contributed by atoms with van der Waals surface area (Å²) < 4.78 is 41.4. The maximum absolute atomic E-state index is 14.3. The van der Waals surface area contributed by atoms with Crippen molar-refractivity contribution < 1.29 is 41.9 Å². The molecule has 53 heavy (non-hydrogen) atoms. The van der Waals surface area contributed by atoms with Gasteiger partial charge in [-0.3, -0.25) is 19.3 Å². The molecule has 5 amide bonds. The van der Waals surface area contributed by atoms with Crippen molar-refractivity contribution in [1.29, 1.82) is 0 Å². The van der Waals surface area contributed by atoms with Crippen molar-refractivity contribution in [2.24, 2.45) is 5.92 Å². The van der Waals surface area contributed by atoms with Gasteiger partial charge in [0.1, 0.15) is 29.3 Å². The molecule has 1 saturated heterocycles. The number of thiazole rings is 1. The lowest BCUT2D eigenvalue weighted by Crippen LogP contribution is -2.58. The van der Waals surface area contributed by atoms with Crippen LogP contribution in [0.3, 0.4) is 0 Å². The van der Waals surface area contributed by atoms with Crippen LogP contribution in [0.1, 0.15) is 76.8 Å². The average Bonchev–Trinajstić information content (AvgIpc) is 3.49. The van der Waals surface area contributed by atoms with E-state index in [1.807, 2.05) is 35.1 Å². The van der Waals surface area contributed by atoms with Gasteiger partial charge in [0.25, 0.3) is 5.91 Å². The minimum Gasteiger partial charge on any atom is -0.444 e. The highest BCUT2D eigenvalue weighted by atomic mass is 32.2. The molecule has 2 fully saturated rings. The first-order valence-corrected chi connectivity index (χ1v) is 20.0. The van der Waals surface area contributed by atoms with Gasteiger partial charge < -0.3 is 25.0 Å². The van der Waals surface area contributed by atoms with Crippen molar-refractivity contribution in [3.63, 3.8) is 0 Å². The second kappa shape index (κ2) is 15.3. The molecule has 2 aromatic rings. The third-order valence-corrected chi connectivity index (χ3v) is 11.3. The van der Waals surface area contributed by atoms with Gasteiger partial charge in [-0.25, -0.2) is 24.0 Å². The fourth-order valence-electron chi connectivity index (χ4n) is 6.92. The van der Waals surface area contributed by atoms with Crippen molar-refractivity contribution in [3.8, 4) is 0 Å². The average molecular weight is 772 g/mol. The number of nitrogens with one attached hydrogen (secondary N) is 4. The summed E-state index contributed by atoms with van der Waals surface area (Å²) in [5.41, 5.74) is -0.475. The number of carbonyl (C=O) groups excluding carboxylic acids is 5. The molecule has 1 aromatic heterocycles. The molecule has 1 aliphatic carbocycles. The van der Waals surface area contributed by atoms with Crippen molar-refractivity contribution in [1.82, 2.24) is 30.1 Å². The maximum Gasteiger partial charge on any atom is 0.410 e. The lowest BCUT2D eigenvalue weighted by atomic mass is 10.0. The number of aromatic nitrogens is 1. The Bertz CT molecular complexity index is 1840. The number of nitrogens with zero attached hydrogens (tertiary/aromatic N) is 3. The second-order valence-electron chi connectivity index (χ2n) is 14.8. The highest BCUT2D eigenvalue weighted by molar-refractivity contribution is 7.91. The number of allylic oxidation sites excluding steroid dienone is 1. The number of alkyl carbamates (subject to hydrolysis) is 1. The molecule has 6 rings (SSSR count). The number of benzene rings is 1. The highest BCUT2D eigenvalue weighted by Gasteiger charge is 2.61. The van der Waals surface area contributed by atoms with Gasteiger partial charge in [-0.1, -0.05) is 49.3 Å². The number of hydrogen-bond donors (Lipinski definition) is 4. The molecule has 18 heteroatoms. The van der Waals surface area contributed by atoms with Crippen LogP contribution in [0.4, 0.5) is 14.7 Å². The Morgan fingerprint density at radius 2 is 1.81 bits per heavy atom. The predicted molar refractivity (Wildman–Crippen MR) is 193 cm³/mol. The summed E-state index contributed by atoms with van der Waals surface area (Å²) in [5, 5.41) is 7.08. The summed E-state index contributed by atoms with van der Waals surface area (Å²) in [4.78, 5) is 75.3. The van der Waals surface area contributed by atoms with E-state index in [9.17, 15) is 32.4 Å². The first-order chi connectivity index (χ1) is 25.1. The zero-order chi connectivity index (χ0) is 38.0. The van der Waals surface area contributed by atoms with Crippen LogP contribution >= 0.6 is 11.3 Å². The molecule has 3 aliphatic heterocycles. The van der Waals surface area contributed by atoms with E-state index < -0.39 is 75.4 Å². The van der Waals surface area contributed by atoms with Crippen LogP contribution in [-0.2, 0) is 47.2 Å². The Kier molecular flexibility index (Phi) is 11.0. The molecule has 16 nitrogen and oxygen atoms in total. The number of carbonyl (C=O) groups is 5.